The first-order chi connectivity index (χ1) is 11.8. The van der Waals surface area contributed by atoms with E-state index in [1.54, 1.807) is 12.5 Å². The summed E-state index contributed by atoms with van der Waals surface area (Å²) in [6.07, 6.45) is 9.38. The molecule has 2 fully saturated rings. The number of imidazole rings is 1. The number of carbonyl (C=O) groups excluding carboxylic acids is 1. The molecule has 1 unspecified atom stereocenters. The molecule has 0 spiro atoms. The van der Waals surface area contributed by atoms with Crippen LogP contribution in [-0.4, -0.2) is 36.9 Å². The number of rotatable bonds is 3. The van der Waals surface area contributed by atoms with Gasteiger partial charge in [-0.05, 0) is 37.8 Å². The number of nitrogens with zero attached hydrogens (tertiary/aromatic N) is 5. The molecular weight excluding hydrogens is 306 g/mol. The van der Waals surface area contributed by atoms with Crippen LogP contribution in [0.5, 0.6) is 0 Å². The predicted octanol–water partition coefficient (Wildman–Crippen LogP) is 2.57. The molecule has 0 aromatic carbocycles. The van der Waals surface area contributed by atoms with Crippen LogP contribution in [0.1, 0.15) is 59.7 Å². The largest absolute Gasteiger partial charge is 0.339 e. The topological polar surface area (TPSA) is 76.5 Å². The number of carbonyl (C=O) groups is 1. The van der Waals surface area contributed by atoms with Gasteiger partial charge < -0.3 is 13.8 Å². The minimum absolute atomic E-state index is 0.00544. The Bertz CT molecular complexity index is 910. The van der Waals surface area contributed by atoms with Gasteiger partial charge in [0.15, 0.2) is 5.82 Å². The van der Waals surface area contributed by atoms with Gasteiger partial charge in [0.2, 0.25) is 5.89 Å². The summed E-state index contributed by atoms with van der Waals surface area (Å²) in [7, 11) is 0. The van der Waals surface area contributed by atoms with Crippen molar-refractivity contribution >= 4 is 11.4 Å². The Morgan fingerprint density at radius 3 is 3.04 bits per heavy atom. The zero-order valence-corrected chi connectivity index (χ0v) is 13.1. The maximum absolute atomic E-state index is 13.0. The zero-order valence-electron chi connectivity index (χ0n) is 13.1. The minimum Gasteiger partial charge on any atom is -0.339 e. The van der Waals surface area contributed by atoms with Crippen LogP contribution in [0.4, 0.5) is 0 Å². The van der Waals surface area contributed by atoms with Crippen LogP contribution in [0.25, 0.3) is 5.52 Å². The molecule has 1 aliphatic carbocycles. The molecule has 1 amide bonds. The number of pyridine rings is 1. The van der Waals surface area contributed by atoms with Crippen molar-refractivity contribution in [2.45, 2.75) is 37.6 Å². The third kappa shape index (κ3) is 2.19. The lowest BCUT2D eigenvalue weighted by Crippen LogP contribution is -2.31. The summed E-state index contributed by atoms with van der Waals surface area (Å²) < 4.78 is 7.23. The fraction of sp³-hybridized carbons (Fsp3) is 0.412. The Labute approximate surface area is 138 Å². The second kappa shape index (κ2) is 5.15. The average Bonchev–Trinajstić information content (AvgIpc) is 3.06. The standard InChI is InChI=1S/C17H17N5O2/c23-17(12-5-6-13-8-18-10-21(13)9-12)22-7-1-2-14(22)15-19-16(24-20-15)11-3-4-11/h5-6,8-11,14H,1-4,7H2. The Morgan fingerprint density at radius 1 is 1.25 bits per heavy atom. The molecule has 1 aliphatic heterocycles. The third-order valence-electron chi connectivity index (χ3n) is 4.85. The second-order valence-corrected chi connectivity index (χ2v) is 6.57. The van der Waals surface area contributed by atoms with Crippen molar-refractivity contribution in [1.82, 2.24) is 24.4 Å². The summed E-state index contributed by atoms with van der Waals surface area (Å²) in [5, 5.41) is 4.13. The SMILES string of the molecule is O=C(c1ccc2cncn2c1)N1CCCC1c1noc(C2CC2)n1. The van der Waals surface area contributed by atoms with E-state index in [0.29, 0.717) is 17.3 Å². The fourth-order valence-electron chi connectivity index (χ4n) is 3.37. The van der Waals surface area contributed by atoms with Crippen molar-refractivity contribution in [2.24, 2.45) is 0 Å². The van der Waals surface area contributed by atoms with E-state index in [1.165, 1.54) is 0 Å². The van der Waals surface area contributed by atoms with E-state index < -0.39 is 0 Å². The van der Waals surface area contributed by atoms with Crippen molar-refractivity contribution in [2.75, 3.05) is 6.54 Å². The van der Waals surface area contributed by atoms with Crippen molar-refractivity contribution < 1.29 is 9.32 Å². The van der Waals surface area contributed by atoms with Gasteiger partial charge in [-0.2, -0.15) is 4.98 Å². The molecular formula is C17H17N5O2. The van der Waals surface area contributed by atoms with Crippen molar-refractivity contribution in [3.8, 4) is 0 Å². The molecule has 3 aromatic rings. The smallest absolute Gasteiger partial charge is 0.255 e. The van der Waals surface area contributed by atoms with Crippen LogP contribution in [0.15, 0.2) is 35.4 Å². The highest BCUT2D eigenvalue weighted by atomic mass is 16.5. The highest BCUT2D eigenvalue weighted by Gasteiger charge is 2.36. The van der Waals surface area contributed by atoms with E-state index in [4.69, 9.17) is 4.52 Å². The molecule has 1 saturated heterocycles. The van der Waals surface area contributed by atoms with E-state index >= 15 is 0 Å². The lowest BCUT2D eigenvalue weighted by Gasteiger charge is -2.22. The maximum atomic E-state index is 13.0. The molecule has 1 atom stereocenters. The van der Waals surface area contributed by atoms with Crippen LogP contribution < -0.4 is 0 Å². The Kier molecular flexibility index (Phi) is 2.95. The van der Waals surface area contributed by atoms with Crippen LogP contribution in [0.2, 0.25) is 0 Å². The number of hydrogen-bond donors (Lipinski definition) is 0. The lowest BCUT2D eigenvalue weighted by atomic mass is 10.2. The number of amides is 1. The van der Waals surface area contributed by atoms with Gasteiger partial charge in [0.1, 0.15) is 0 Å². The molecule has 0 N–H and O–H groups in total. The average molecular weight is 323 g/mol. The number of likely N-dealkylation sites (tertiary alicyclic amines) is 1. The first-order valence-corrected chi connectivity index (χ1v) is 8.36. The normalized spacial score (nSPS) is 20.8. The fourth-order valence-corrected chi connectivity index (χ4v) is 3.37. The zero-order chi connectivity index (χ0) is 16.1. The summed E-state index contributed by atoms with van der Waals surface area (Å²) in [5.74, 6) is 1.81. The molecule has 24 heavy (non-hydrogen) atoms. The lowest BCUT2D eigenvalue weighted by molar-refractivity contribution is 0.0728. The number of fused-ring (bicyclic) bond motifs is 1. The highest BCUT2D eigenvalue weighted by Crippen LogP contribution is 2.40. The predicted molar refractivity (Wildman–Crippen MR) is 84.5 cm³/mol. The molecule has 7 nitrogen and oxygen atoms in total. The van der Waals surface area contributed by atoms with E-state index in [0.717, 1.165) is 43.6 Å². The quantitative estimate of drug-likeness (QED) is 0.740. The number of hydrogen-bond acceptors (Lipinski definition) is 5. The van der Waals surface area contributed by atoms with Gasteiger partial charge in [-0.1, -0.05) is 5.16 Å². The Morgan fingerprint density at radius 2 is 2.17 bits per heavy atom. The summed E-state index contributed by atoms with van der Waals surface area (Å²) in [4.78, 5) is 23.4. The first kappa shape index (κ1) is 13.7. The van der Waals surface area contributed by atoms with Crippen LogP contribution in [-0.2, 0) is 0 Å². The van der Waals surface area contributed by atoms with Gasteiger partial charge in [0.25, 0.3) is 5.91 Å². The first-order valence-electron chi connectivity index (χ1n) is 8.36. The van der Waals surface area contributed by atoms with E-state index in [1.807, 2.05) is 27.6 Å². The van der Waals surface area contributed by atoms with E-state index in [9.17, 15) is 4.79 Å². The van der Waals surface area contributed by atoms with Gasteiger partial charge in [-0.15, -0.1) is 0 Å². The monoisotopic (exact) mass is 323 g/mol. The van der Waals surface area contributed by atoms with Gasteiger partial charge in [0, 0.05) is 18.7 Å². The highest BCUT2D eigenvalue weighted by molar-refractivity contribution is 5.94. The van der Waals surface area contributed by atoms with E-state index in [2.05, 4.69) is 15.1 Å². The maximum Gasteiger partial charge on any atom is 0.255 e. The van der Waals surface area contributed by atoms with Gasteiger partial charge in [0.05, 0.1) is 29.6 Å². The molecule has 122 valence electrons. The second-order valence-electron chi connectivity index (χ2n) is 6.57. The van der Waals surface area contributed by atoms with E-state index in [-0.39, 0.29) is 11.9 Å². The molecule has 5 rings (SSSR count). The summed E-state index contributed by atoms with van der Waals surface area (Å²) in [6, 6.07) is 3.66. The van der Waals surface area contributed by atoms with Crippen molar-refractivity contribution in [1.29, 1.82) is 0 Å². The van der Waals surface area contributed by atoms with Crippen molar-refractivity contribution in [3.63, 3.8) is 0 Å². The molecule has 7 heteroatoms. The molecule has 0 bridgehead atoms. The van der Waals surface area contributed by atoms with Gasteiger partial charge >= 0.3 is 0 Å². The molecule has 1 saturated carbocycles. The van der Waals surface area contributed by atoms with Gasteiger partial charge in [-0.3, -0.25) is 4.79 Å². The van der Waals surface area contributed by atoms with Gasteiger partial charge in [-0.25, -0.2) is 4.98 Å². The summed E-state index contributed by atoms with van der Waals surface area (Å²) in [5.41, 5.74) is 1.62. The van der Waals surface area contributed by atoms with Crippen LogP contribution >= 0.6 is 0 Å². The molecule has 3 aromatic heterocycles. The third-order valence-corrected chi connectivity index (χ3v) is 4.85. The molecule has 2 aliphatic rings. The summed E-state index contributed by atoms with van der Waals surface area (Å²) >= 11 is 0. The van der Waals surface area contributed by atoms with Crippen LogP contribution in [0.3, 0.4) is 0 Å². The van der Waals surface area contributed by atoms with Crippen LogP contribution in [0, 0.1) is 0 Å². The molecule has 0 radical (unpaired) electrons. The Hall–Kier alpha value is -2.70. The Balaban J connectivity index is 1.43. The minimum atomic E-state index is -0.0905. The molecule has 4 heterocycles. The van der Waals surface area contributed by atoms with Crippen molar-refractivity contribution in [3.05, 3.63) is 48.1 Å². The number of aromatic nitrogens is 4. The summed E-state index contributed by atoms with van der Waals surface area (Å²) in [6.45, 7) is 0.721.